The fraction of sp³-hybridized carbons (Fsp3) is 0.273. The predicted octanol–water partition coefficient (Wildman–Crippen LogP) is 1.92. The number of fused-ring (bicyclic) bond motifs is 1. The summed E-state index contributed by atoms with van der Waals surface area (Å²) < 4.78 is 2.06. The van der Waals surface area contributed by atoms with Crippen LogP contribution in [0.5, 0.6) is 0 Å². The van der Waals surface area contributed by atoms with Crippen molar-refractivity contribution in [3.8, 4) is 0 Å². The number of halogens is 1. The van der Waals surface area contributed by atoms with Crippen LogP contribution >= 0.6 is 11.6 Å². The summed E-state index contributed by atoms with van der Waals surface area (Å²) in [5.41, 5.74) is 14.3. The van der Waals surface area contributed by atoms with E-state index in [4.69, 9.17) is 23.1 Å². The Kier molecular flexibility index (Phi) is 2.59. The van der Waals surface area contributed by atoms with Crippen molar-refractivity contribution < 1.29 is 0 Å². The van der Waals surface area contributed by atoms with Gasteiger partial charge in [0.15, 0.2) is 0 Å². The highest BCUT2D eigenvalue weighted by atomic mass is 35.5. The summed E-state index contributed by atoms with van der Waals surface area (Å²) in [4.78, 5) is 0. The molecule has 4 N–H and O–H groups in total. The number of benzene rings is 1. The van der Waals surface area contributed by atoms with Crippen molar-refractivity contribution in [3.05, 3.63) is 28.9 Å². The Bertz CT molecular complexity index is 502. The van der Waals surface area contributed by atoms with E-state index in [9.17, 15) is 0 Å². The first-order chi connectivity index (χ1) is 7.16. The number of nitrogens with two attached hydrogens (primary N) is 2. The van der Waals surface area contributed by atoms with Crippen molar-refractivity contribution >= 4 is 28.2 Å². The average molecular weight is 224 g/mol. The maximum atomic E-state index is 6.29. The first-order valence-corrected chi connectivity index (χ1v) is 5.26. The van der Waals surface area contributed by atoms with Crippen LogP contribution < -0.4 is 11.5 Å². The van der Waals surface area contributed by atoms with Gasteiger partial charge in [-0.25, -0.2) is 0 Å². The van der Waals surface area contributed by atoms with Crippen LogP contribution in [-0.4, -0.2) is 11.1 Å². The third kappa shape index (κ3) is 1.48. The molecule has 0 amide bonds. The zero-order valence-corrected chi connectivity index (χ0v) is 9.38. The maximum Gasteiger partial charge on any atom is 0.0715 e. The fourth-order valence-corrected chi connectivity index (χ4v) is 2.35. The number of hydrogen-bond donors (Lipinski definition) is 2. The molecule has 1 aromatic heterocycles. The number of aryl methyl sites for hydroxylation is 1. The molecular formula is C11H14ClN3. The lowest BCUT2D eigenvalue weighted by Gasteiger charge is -2.02. The van der Waals surface area contributed by atoms with E-state index in [1.807, 2.05) is 25.2 Å². The monoisotopic (exact) mass is 223 g/mol. The van der Waals surface area contributed by atoms with E-state index in [0.29, 0.717) is 6.54 Å². The molecule has 0 fully saturated rings. The molecule has 1 heterocycles. The Balaban J connectivity index is 2.79. The number of nitrogens with zero attached hydrogens (tertiary/aromatic N) is 1. The molecule has 0 bridgehead atoms. The van der Waals surface area contributed by atoms with Crippen LogP contribution in [0.2, 0.25) is 5.02 Å². The second kappa shape index (κ2) is 3.76. The minimum absolute atomic E-state index is 0.587. The van der Waals surface area contributed by atoms with Crippen LogP contribution in [0.15, 0.2) is 18.2 Å². The van der Waals surface area contributed by atoms with Gasteiger partial charge in [0.1, 0.15) is 0 Å². The second-order valence-electron chi connectivity index (χ2n) is 3.60. The van der Waals surface area contributed by atoms with E-state index in [1.165, 1.54) is 0 Å². The van der Waals surface area contributed by atoms with Gasteiger partial charge in [-0.3, -0.25) is 0 Å². The lowest BCUT2D eigenvalue weighted by atomic mass is 10.2. The van der Waals surface area contributed by atoms with Gasteiger partial charge in [0, 0.05) is 30.2 Å². The van der Waals surface area contributed by atoms with E-state index >= 15 is 0 Å². The molecule has 3 nitrogen and oxygen atoms in total. The largest absolute Gasteiger partial charge is 0.398 e. The van der Waals surface area contributed by atoms with E-state index in [2.05, 4.69) is 4.57 Å². The molecule has 0 aliphatic carbocycles. The third-order valence-corrected chi connectivity index (χ3v) is 3.10. The first-order valence-electron chi connectivity index (χ1n) is 4.88. The highest BCUT2D eigenvalue weighted by molar-refractivity contribution is 6.37. The van der Waals surface area contributed by atoms with Crippen LogP contribution in [0, 0.1) is 0 Å². The SMILES string of the molecule is Cn1c(CCN)c(Cl)c2c(N)cccc21. The Morgan fingerprint density at radius 2 is 2.13 bits per heavy atom. The van der Waals surface area contributed by atoms with Crippen molar-refractivity contribution in [1.82, 2.24) is 4.57 Å². The van der Waals surface area contributed by atoms with E-state index in [-0.39, 0.29) is 0 Å². The third-order valence-electron chi connectivity index (χ3n) is 2.69. The number of nitrogen functional groups attached to an aromatic ring is 1. The van der Waals surface area contributed by atoms with Crippen LogP contribution in [0.25, 0.3) is 10.9 Å². The molecule has 0 spiro atoms. The molecule has 2 aromatic rings. The van der Waals surface area contributed by atoms with Crippen molar-refractivity contribution in [1.29, 1.82) is 0 Å². The molecule has 0 atom stereocenters. The topological polar surface area (TPSA) is 57.0 Å². The lowest BCUT2D eigenvalue weighted by molar-refractivity contribution is 0.827. The van der Waals surface area contributed by atoms with Gasteiger partial charge in [0.05, 0.1) is 10.5 Å². The van der Waals surface area contributed by atoms with Gasteiger partial charge in [0.25, 0.3) is 0 Å². The number of hydrogen-bond acceptors (Lipinski definition) is 2. The van der Waals surface area contributed by atoms with Crippen LogP contribution in [0.3, 0.4) is 0 Å². The van der Waals surface area contributed by atoms with Crippen LogP contribution in [0.4, 0.5) is 5.69 Å². The smallest absolute Gasteiger partial charge is 0.0715 e. The molecule has 15 heavy (non-hydrogen) atoms. The molecule has 0 radical (unpaired) electrons. The molecule has 0 aliphatic rings. The van der Waals surface area contributed by atoms with Gasteiger partial charge in [-0.15, -0.1) is 0 Å². The molecular weight excluding hydrogens is 210 g/mol. The number of anilines is 1. The van der Waals surface area contributed by atoms with Crippen LogP contribution in [0.1, 0.15) is 5.69 Å². The Morgan fingerprint density at radius 1 is 1.40 bits per heavy atom. The summed E-state index contributed by atoms with van der Waals surface area (Å²) in [5, 5.41) is 1.67. The highest BCUT2D eigenvalue weighted by Crippen LogP contribution is 2.33. The Morgan fingerprint density at radius 3 is 2.73 bits per heavy atom. The second-order valence-corrected chi connectivity index (χ2v) is 3.98. The van der Waals surface area contributed by atoms with Crippen molar-refractivity contribution in [2.45, 2.75) is 6.42 Å². The zero-order chi connectivity index (χ0) is 11.0. The molecule has 1 aromatic carbocycles. The quantitative estimate of drug-likeness (QED) is 0.765. The van der Waals surface area contributed by atoms with Crippen molar-refractivity contribution in [2.75, 3.05) is 12.3 Å². The zero-order valence-electron chi connectivity index (χ0n) is 8.63. The van der Waals surface area contributed by atoms with Gasteiger partial charge in [0.2, 0.25) is 0 Å². The van der Waals surface area contributed by atoms with Gasteiger partial charge >= 0.3 is 0 Å². The molecule has 0 aliphatic heterocycles. The van der Waals surface area contributed by atoms with Gasteiger partial charge in [-0.1, -0.05) is 17.7 Å². The summed E-state index contributed by atoms with van der Waals surface area (Å²) in [6.07, 6.45) is 0.767. The normalized spacial score (nSPS) is 11.1. The minimum atomic E-state index is 0.587. The van der Waals surface area contributed by atoms with Gasteiger partial charge < -0.3 is 16.0 Å². The molecule has 0 unspecified atom stereocenters. The molecule has 0 saturated carbocycles. The van der Waals surface area contributed by atoms with Crippen molar-refractivity contribution in [2.24, 2.45) is 12.8 Å². The van der Waals surface area contributed by atoms with E-state index in [0.717, 1.165) is 33.7 Å². The predicted molar refractivity (Wildman–Crippen MR) is 65.1 cm³/mol. The number of rotatable bonds is 2. The number of aromatic nitrogens is 1. The van der Waals surface area contributed by atoms with Crippen molar-refractivity contribution in [3.63, 3.8) is 0 Å². The first kappa shape index (κ1) is 10.3. The summed E-state index contributed by atoms with van der Waals surface area (Å²) in [7, 11) is 1.98. The van der Waals surface area contributed by atoms with E-state index < -0.39 is 0 Å². The molecule has 4 heteroatoms. The molecule has 0 saturated heterocycles. The summed E-state index contributed by atoms with van der Waals surface area (Å²) >= 11 is 6.29. The molecule has 2 rings (SSSR count). The average Bonchev–Trinajstić information content (AvgIpc) is 2.45. The van der Waals surface area contributed by atoms with E-state index in [1.54, 1.807) is 0 Å². The van der Waals surface area contributed by atoms with Gasteiger partial charge in [-0.05, 0) is 18.7 Å². The summed E-state index contributed by atoms with van der Waals surface area (Å²) in [6, 6.07) is 5.80. The Labute approximate surface area is 93.6 Å². The van der Waals surface area contributed by atoms with Gasteiger partial charge in [-0.2, -0.15) is 0 Å². The maximum absolute atomic E-state index is 6.29. The minimum Gasteiger partial charge on any atom is -0.398 e. The standard InChI is InChI=1S/C11H14ClN3/c1-15-8-4-2-3-7(14)10(8)11(12)9(15)5-6-13/h2-4H,5-6,13-14H2,1H3. The fourth-order valence-electron chi connectivity index (χ4n) is 1.93. The summed E-state index contributed by atoms with van der Waals surface area (Å²) in [6.45, 7) is 0.587. The lowest BCUT2D eigenvalue weighted by Crippen LogP contribution is -2.06. The summed E-state index contributed by atoms with van der Waals surface area (Å²) in [5.74, 6) is 0. The highest BCUT2D eigenvalue weighted by Gasteiger charge is 2.14. The molecule has 80 valence electrons. The Hall–Kier alpha value is -1.19. The van der Waals surface area contributed by atoms with Crippen LogP contribution in [-0.2, 0) is 13.5 Å².